The Balaban J connectivity index is 2.20. The van der Waals surface area contributed by atoms with E-state index in [9.17, 15) is 19.5 Å². The molecule has 2 aliphatic rings. The van der Waals surface area contributed by atoms with E-state index in [0.29, 0.717) is 32.7 Å². The standard InChI is InChI=1S/C68H128N2O11/c1-9-13-17-21-24-27-28-29-30-31-32-34-36-40-44-48-61(72)69-64-66(78-51-49-58(76-8)47-43-38-20-16-12-4)55(5)59(53-75-7)81-68(64)79-54-60-65(74)67(77-50-45-41-37-26-23-19-15-11-3)63(56(6)80-60)70-62(73)52-57(71)46-42-39-35-33-25-22-18-14-10-2/h27-28,55-56,58-60,63-68,74H,9-26,29-54H2,1-8H3,(H,69,72)(H,70,73). The highest BCUT2D eigenvalue weighted by atomic mass is 16.7. The molecule has 11 unspecified atom stereocenters. The summed E-state index contributed by atoms with van der Waals surface area (Å²) in [5, 5.41) is 18.6. The Morgan fingerprint density at radius 1 is 0.494 bits per heavy atom. The first-order valence-corrected chi connectivity index (χ1v) is 34.2. The molecule has 81 heavy (non-hydrogen) atoms. The lowest BCUT2D eigenvalue weighted by atomic mass is 9.88. The second-order valence-electron chi connectivity index (χ2n) is 24.4. The maximum absolute atomic E-state index is 14.0. The zero-order chi connectivity index (χ0) is 59.0. The van der Waals surface area contributed by atoms with Crippen molar-refractivity contribution in [2.45, 2.75) is 359 Å². The van der Waals surface area contributed by atoms with Gasteiger partial charge >= 0.3 is 0 Å². The lowest BCUT2D eigenvalue weighted by Crippen LogP contribution is -2.65. The minimum absolute atomic E-state index is 0.0647. The Bertz CT molecular complexity index is 1520. The number of carbonyl (C=O) groups is 3. The number of aliphatic hydroxyl groups is 1. The third-order valence-electron chi connectivity index (χ3n) is 17.0. The summed E-state index contributed by atoms with van der Waals surface area (Å²) in [4.78, 5) is 40.6. The minimum atomic E-state index is -1.18. The molecule has 2 amide bonds. The molecule has 13 heteroatoms. The molecule has 0 bridgehead atoms. The van der Waals surface area contributed by atoms with Gasteiger partial charge in [-0.15, -0.1) is 0 Å². The first kappa shape index (κ1) is 75.1. The van der Waals surface area contributed by atoms with Crippen molar-refractivity contribution in [1.82, 2.24) is 10.6 Å². The fraction of sp³-hybridized carbons (Fsp3) is 0.926. The number of ketones is 1. The summed E-state index contributed by atoms with van der Waals surface area (Å²) in [6, 6.07) is -1.35. The highest BCUT2D eigenvalue weighted by molar-refractivity contribution is 5.98. The number of ether oxygens (including phenoxy) is 7. The number of hydrogen-bond donors (Lipinski definition) is 3. The Kier molecular flexibility index (Phi) is 47.6. The monoisotopic (exact) mass is 1150 g/mol. The van der Waals surface area contributed by atoms with Crippen LogP contribution < -0.4 is 10.6 Å². The summed E-state index contributed by atoms with van der Waals surface area (Å²) in [6.45, 7) is 14.0. The Morgan fingerprint density at radius 3 is 1.53 bits per heavy atom. The molecular formula is C68H128N2O11. The normalized spacial score (nSPS) is 23.5. The van der Waals surface area contributed by atoms with Crippen molar-refractivity contribution in [2.75, 3.05) is 40.6 Å². The van der Waals surface area contributed by atoms with Crippen LogP contribution in [0.1, 0.15) is 298 Å². The summed E-state index contributed by atoms with van der Waals surface area (Å²) in [5.41, 5.74) is 0. The maximum Gasteiger partial charge on any atom is 0.227 e. The first-order chi connectivity index (χ1) is 39.5. The number of hydrogen-bond acceptors (Lipinski definition) is 11. The molecule has 0 aromatic carbocycles. The second-order valence-corrected chi connectivity index (χ2v) is 24.4. The van der Waals surface area contributed by atoms with E-state index in [4.69, 9.17) is 33.2 Å². The molecule has 2 saturated heterocycles. The molecular weight excluding hydrogens is 1020 g/mol. The van der Waals surface area contributed by atoms with Gasteiger partial charge in [0, 0.05) is 46.2 Å². The molecule has 2 fully saturated rings. The maximum atomic E-state index is 14.0. The van der Waals surface area contributed by atoms with Crippen molar-refractivity contribution in [1.29, 1.82) is 0 Å². The summed E-state index contributed by atoms with van der Waals surface area (Å²) >= 11 is 0. The molecule has 0 radical (unpaired) electrons. The van der Waals surface area contributed by atoms with Gasteiger partial charge in [0.2, 0.25) is 11.8 Å². The number of carbonyl (C=O) groups excluding carboxylic acids is 3. The smallest absolute Gasteiger partial charge is 0.227 e. The van der Waals surface area contributed by atoms with Crippen molar-refractivity contribution in [3.05, 3.63) is 12.2 Å². The predicted octanol–water partition coefficient (Wildman–Crippen LogP) is 15.7. The van der Waals surface area contributed by atoms with Crippen LogP contribution in [0.4, 0.5) is 0 Å². The number of unbranched alkanes of at least 4 members (excludes halogenated alkanes) is 30. The quantitative estimate of drug-likeness (QED) is 0.0302. The van der Waals surface area contributed by atoms with E-state index in [-0.39, 0.29) is 42.6 Å². The number of rotatable bonds is 55. The number of nitrogens with one attached hydrogen (secondary N) is 2. The van der Waals surface area contributed by atoms with Gasteiger partial charge in [-0.25, -0.2) is 0 Å². The molecule has 2 aliphatic heterocycles. The molecule has 3 N–H and O–H groups in total. The van der Waals surface area contributed by atoms with E-state index >= 15 is 0 Å². The largest absolute Gasteiger partial charge is 0.388 e. The zero-order valence-electron chi connectivity index (χ0n) is 53.6. The molecule has 11 atom stereocenters. The van der Waals surface area contributed by atoms with Gasteiger partial charge in [-0.3, -0.25) is 14.4 Å². The Hall–Kier alpha value is -1.97. The van der Waals surface area contributed by atoms with Crippen molar-refractivity contribution in [3.63, 3.8) is 0 Å². The van der Waals surface area contributed by atoms with Crippen LogP contribution in [0, 0.1) is 5.92 Å². The second kappa shape index (κ2) is 51.3. The summed E-state index contributed by atoms with van der Waals surface area (Å²) < 4.78 is 44.9. The van der Waals surface area contributed by atoms with Gasteiger partial charge in [-0.05, 0) is 64.7 Å². The first-order valence-electron chi connectivity index (χ1n) is 34.2. The highest BCUT2D eigenvalue weighted by Crippen LogP contribution is 2.32. The molecule has 0 aliphatic carbocycles. The number of amides is 2. The van der Waals surface area contributed by atoms with Crippen molar-refractivity contribution in [3.8, 4) is 0 Å². The topological polar surface area (TPSA) is 160 Å². The molecule has 476 valence electrons. The van der Waals surface area contributed by atoms with Crippen molar-refractivity contribution in [2.24, 2.45) is 5.92 Å². The number of allylic oxidation sites excluding steroid dienone is 2. The fourth-order valence-electron chi connectivity index (χ4n) is 11.7. The zero-order valence-corrected chi connectivity index (χ0v) is 53.6. The molecule has 2 rings (SSSR count). The summed E-state index contributed by atoms with van der Waals surface area (Å²) in [7, 11) is 3.43. The Morgan fingerprint density at radius 2 is 0.975 bits per heavy atom. The average molecular weight is 1150 g/mol. The molecule has 2 heterocycles. The number of Topliss-reactive ketones (excluding diaryl/α,β-unsaturated/α-hetero) is 1. The van der Waals surface area contributed by atoms with Crippen LogP contribution >= 0.6 is 0 Å². The van der Waals surface area contributed by atoms with Gasteiger partial charge in [-0.1, -0.05) is 227 Å². The van der Waals surface area contributed by atoms with E-state index in [0.717, 1.165) is 83.5 Å². The minimum Gasteiger partial charge on any atom is -0.388 e. The lowest BCUT2D eigenvalue weighted by Gasteiger charge is -2.47. The van der Waals surface area contributed by atoms with Crippen LogP contribution in [-0.2, 0) is 47.5 Å². The lowest BCUT2D eigenvalue weighted by molar-refractivity contribution is -0.281. The van der Waals surface area contributed by atoms with Crippen LogP contribution in [-0.4, -0.2) is 124 Å². The van der Waals surface area contributed by atoms with Crippen LogP contribution in [0.25, 0.3) is 0 Å². The van der Waals surface area contributed by atoms with Crippen LogP contribution in [0.3, 0.4) is 0 Å². The fourth-order valence-corrected chi connectivity index (χ4v) is 11.7. The van der Waals surface area contributed by atoms with E-state index in [1.54, 1.807) is 14.2 Å². The van der Waals surface area contributed by atoms with E-state index in [1.807, 2.05) is 6.92 Å². The van der Waals surface area contributed by atoms with E-state index in [1.165, 1.54) is 154 Å². The van der Waals surface area contributed by atoms with E-state index < -0.39 is 55.0 Å². The molecule has 0 aromatic rings. The van der Waals surface area contributed by atoms with Crippen molar-refractivity contribution < 1.29 is 52.6 Å². The number of aliphatic hydroxyl groups excluding tert-OH is 1. The molecule has 13 nitrogen and oxygen atoms in total. The SMILES string of the molecule is CCCCCCC=CCCCCCCCCCC(=O)NC1C(OCC2OC(C)C(NC(=O)CC(=O)CCCCCCCCCCC)C(OCCCCCCCCCC)C2O)OC(COC)C(C)C1OCCC(CCCCCCC)OC. The summed E-state index contributed by atoms with van der Waals surface area (Å²) in [6.07, 6.45) is 42.7. The third-order valence-corrected chi connectivity index (χ3v) is 17.0. The predicted molar refractivity (Wildman–Crippen MR) is 332 cm³/mol. The number of methoxy groups -OCH3 is 2. The van der Waals surface area contributed by atoms with E-state index in [2.05, 4.69) is 57.4 Å². The molecule has 0 spiro atoms. The highest BCUT2D eigenvalue weighted by Gasteiger charge is 2.49. The molecule has 0 saturated carbocycles. The third kappa shape index (κ3) is 35.9. The molecule has 0 aromatic heterocycles. The van der Waals surface area contributed by atoms with Crippen LogP contribution in [0.5, 0.6) is 0 Å². The van der Waals surface area contributed by atoms with Gasteiger partial charge in [0.1, 0.15) is 30.1 Å². The van der Waals surface area contributed by atoms with Gasteiger partial charge in [0.15, 0.2) is 6.29 Å². The van der Waals surface area contributed by atoms with Crippen molar-refractivity contribution >= 4 is 17.6 Å². The van der Waals surface area contributed by atoms with Gasteiger partial charge < -0.3 is 48.9 Å². The van der Waals surface area contributed by atoms with Gasteiger partial charge in [0.05, 0.1) is 50.1 Å². The van der Waals surface area contributed by atoms with Gasteiger partial charge in [-0.2, -0.15) is 0 Å². The Labute approximate surface area is 497 Å². The van der Waals surface area contributed by atoms with Crippen LogP contribution in [0.2, 0.25) is 0 Å². The van der Waals surface area contributed by atoms with Gasteiger partial charge in [0.25, 0.3) is 0 Å². The average Bonchev–Trinajstić information content (AvgIpc) is 3.49. The summed E-state index contributed by atoms with van der Waals surface area (Å²) in [5.74, 6) is -0.694. The van der Waals surface area contributed by atoms with Crippen LogP contribution in [0.15, 0.2) is 12.2 Å².